The SMILES string of the molecule is CC(C)(C)c1cn2c(n1)CC[C@@H](NC(=O)c1cnn3cccnc13)C2. The van der Waals surface area contributed by atoms with E-state index in [1.807, 2.05) is 0 Å². The average Bonchev–Trinajstić information content (AvgIpc) is 3.18. The smallest absolute Gasteiger partial charge is 0.257 e. The third-order valence-corrected chi connectivity index (χ3v) is 4.62. The van der Waals surface area contributed by atoms with E-state index in [0.29, 0.717) is 11.2 Å². The Morgan fingerprint density at radius 2 is 2.20 bits per heavy atom. The predicted molar refractivity (Wildman–Crippen MR) is 93.5 cm³/mol. The highest BCUT2D eigenvalue weighted by atomic mass is 16.1. The summed E-state index contributed by atoms with van der Waals surface area (Å²) in [7, 11) is 0. The second-order valence-corrected chi connectivity index (χ2v) is 7.60. The standard InChI is InChI=1S/C18H22N6O/c1-18(2,3)14-11-23-10-12(5-6-15(23)22-14)21-17(25)13-9-20-24-8-4-7-19-16(13)24/h4,7-9,11-12H,5-6,10H2,1-3H3,(H,21,25)/t12-/m1/s1. The van der Waals surface area contributed by atoms with Crippen LogP contribution < -0.4 is 5.32 Å². The van der Waals surface area contributed by atoms with E-state index in [-0.39, 0.29) is 17.4 Å². The zero-order valence-electron chi connectivity index (χ0n) is 14.7. The summed E-state index contributed by atoms with van der Waals surface area (Å²) < 4.78 is 3.78. The molecule has 0 unspecified atom stereocenters. The van der Waals surface area contributed by atoms with E-state index in [0.717, 1.165) is 30.9 Å². The fourth-order valence-corrected chi connectivity index (χ4v) is 3.17. The summed E-state index contributed by atoms with van der Waals surface area (Å²) in [5.74, 6) is 0.978. The van der Waals surface area contributed by atoms with E-state index in [1.165, 1.54) is 0 Å². The van der Waals surface area contributed by atoms with Gasteiger partial charge in [0.2, 0.25) is 0 Å². The van der Waals surface area contributed by atoms with Crippen LogP contribution in [0, 0.1) is 0 Å². The quantitative estimate of drug-likeness (QED) is 0.775. The van der Waals surface area contributed by atoms with Crippen LogP contribution >= 0.6 is 0 Å². The van der Waals surface area contributed by atoms with Gasteiger partial charge < -0.3 is 9.88 Å². The topological polar surface area (TPSA) is 77.1 Å². The number of carbonyl (C=O) groups is 1. The maximum atomic E-state index is 12.6. The Hall–Kier alpha value is -2.70. The largest absolute Gasteiger partial charge is 0.347 e. The number of nitrogens with one attached hydrogen (secondary N) is 1. The van der Waals surface area contributed by atoms with Gasteiger partial charge in [-0.25, -0.2) is 14.5 Å². The second-order valence-electron chi connectivity index (χ2n) is 7.60. The number of fused-ring (bicyclic) bond motifs is 2. The molecule has 3 aromatic rings. The molecule has 1 amide bonds. The molecule has 7 nitrogen and oxygen atoms in total. The first-order valence-corrected chi connectivity index (χ1v) is 8.57. The van der Waals surface area contributed by atoms with Crippen molar-refractivity contribution in [2.45, 2.75) is 51.6 Å². The third kappa shape index (κ3) is 2.90. The Balaban J connectivity index is 1.51. The molecule has 0 saturated carbocycles. The van der Waals surface area contributed by atoms with Gasteiger partial charge in [0, 0.05) is 43.0 Å². The lowest BCUT2D eigenvalue weighted by Gasteiger charge is -2.24. The van der Waals surface area contributed by atoms with Crippen LogP contribution in [0.5, 0.6) is 0 Å². The zero-order chi connectivity index (χ0) is 17.6. The molecule has 130 valence electrons. The molecular formula is C18H22N6O. The molecule has 0 fully saturated rings. The van der Waals surface area contributed by atoms with Crippen molar-refractivity contribution < 1.29 is 4.79 Å². The molecule has 0 aromatic carbocycles. The summed E-state index contributed by atoms with van der Waals surface area (Å²) in [6.45, 7) is 7.24. The van der Waals surface area contributed by atoms with Crippen LogP contribution in [0.3, 0.4) is 0 Å². The van der Waals surface area contributed by atoms with Gasteiger partial charge in [0.15, 0.2) is 5.65 Å². The molecular weight excluding hydrogens is 316 g/mol. The highest BCUT2D eigenvalue weighted by Gasteiger charge is 2.26. The molecule has 0 radical (unpaired) electrons. The summed E-state index contributed by atoms with van der Waals surface area (Å²) in [6.07, 6.45) is 8.89. The molecule has 1 aliphatic heterocycles. The van der Waals surface area contributed by atoms with Crippen molar-refractivity contribution in [1.82, 2.24) is 29.5 Å². The van der Waals surface area contributed by atoms with E-state index in [4.69, 9.17) is 4.98 Å². The number of carbonyl (C=O) groups excluding carboxylic acids is 1. The summed E-state index contributed by atoms with van der Waals surface area (Å²) in [5, 5.41) is 7.30. The van der Waals surface area contributed by atoms with Gasteiger partial charge in [0.1, 0.15) is 11.4 Å². The minimum absolute atomic E-state index is 0.0336. The Kier molecular flexibility index (Phi) is 3.59. The number of rotatable bonds is 2. The Morgan fingerprint density at radius 3 is 3.00 bits per heavy atom. The lowest BCUT2D eigenvalue weighted by molar-refractivity contribution is 0.0929. The predicted octanol–water partition coefficient (Wildman–Crippen LogP) is 1.97. The summed E-state index contributed by atoms with van der Waals surface area (Å²) in [4.78, 5) is 21.6. The molecule has 7 heteroatoms. The maximum absolute atomic E-state index is 12.6. The zero-order valence-corrected chi connectivity index (χ0v) is 14.7. The molecule has 0 aliphatic carbocycles. The number of aromatic nitrogens is 5. The van der Waals surface area contributed by atoms with Crippen molar-refractivity contribution in [2.75, 3.05) is 0 Å². The first-order valence-electron chi connectivity index (χ1n) is 8.57. The molecule has 3 aromatic heterocycles. The molecule has 4 heterocycles. The molecule has 1 atom stereocenters. The lowest BCUT2D eigenvalue weighted by atomic mass is 9.93. The highest BCUT2D eigenvalue weighted by molar-refractivity contribution is 5.99. The van der Waals surface area contributed by atoms with Crippen molar-refractivity contribution in [3.05, 3.63) is 47.9 Å². The maximum Gasteiger partial charge on any atom is 0.257 e. The normalized spacial score (nSPS) is 17.5. The Bertz CT molecular complexity index is 933. The van der Waals surface area contributed by atoms with E-state index >= 15 is 0 Å². The Morgan fingerprint density at radius 1 is 1.36 bits per heavy atom. The van der Waals surface area contributed by atoms with Crippen LogP contribution in [-0.2, 0) is 18.4 Å². The van der Waals surface area contributed by atoms with E-state index < -0.39 is 0 Å². The number of aryl methyl sites for hydroxylation is 1. The van der Waals surface area contributed by atoms with Gasteiger partial charge >= 0.3 is 0 Å². The summed E-state index contributed by atoms with van der Waals surface area (Å²) >= 11 is 0. The second kappa shape index (κ2) is 5.68. The van der Waals surface area contributed by atoms with E-state index in [2.05, 4.69) is 46.9 Å². The molecule has 0 spiro atoms. The van der Waals surface area contributed by atoms with Crippen LogP contribution in [0.25, 0.3) is 5.65 Å². The molecule has 4 rings (SSSR count). The number of hydrogen-bond donors (Lipinski definition) is 1. The first kappa shape index (κ1) is 15.8. The average molecular weight is 338 g/mol. The van der Waals surface area contributed by atoms with Crippen molar-refractivity contribution >= 4 is 11.6 Å². The Labute approximate surface area is 146 Å². The highest BCUT2D eigenvalue weighted by Crippen LogP contribution is 2.24. The van der Waals surface area contributed by atoms with Gasteiger partial charge in [0.25, 0.3) is 5.91 Å². The molecule has 1 N–H and O–H groups in total. The van der Waals surface area contributed by atoms with Crippen LogP contribution in [0.1, 0.15) is 49.1 Å². The van der Waals surface area contributed by atoms with Crippen LogP contribution in [-0.4, -0.2) is 36.1 Å². The van der Waals surface area contributed by atoms with Crippen molar-refractivity contribution in [3.8, 4) is 0 Å². The molecule has 0 saturated heterocycles. The molecule has 0 bridgehead atoms. The number of nitrogens with zero attached hydrogens (tertiary/aromatic N) is 5. The monoisotopic (exact) mass is 338 g/mol. The third-order valence-electron chi connectivity index (χ3n) is 4.62. The summed E-state index contributed by atoms with van der Waals surface area (Å²) in [5.41, 5.74) is 2.22. The lowest BCUT2D eigenvalue weighted by Crippen LogP contribution is -2.40. The van der Waals surface area contributed by atoms with Gasteiger partial charge in [-0.2, -0.15) is 5.10 Å². The fourth-order valence-electron chi connectivity index (χ4n) is 3.17. The van der Waals surface area contributed by atoms with Crippen molar-refractivity contribution in [1.29, 1.82) is 0 Å². The van der Waals surface area contributed by atoms with Gasteiger partial charge in [0.05, 0.1) is 11.9 Å². The number of hydrogen-bond acceptors (Lipinski definition) is 4. The van der Waals surface area contributed by atoms with Crippen LogP contribution in [0.2, 0.25) is 0 Å². The van der Waals surface area contributed by atoms with Gasteiger partial charge in [-0.1, -0.05) is 20.8 Å². The van der Waals surface area contributed by atoms with Gasteiger partial charge in [-0.3, -0.25) is 4.79 Å². The van der Waals surface area contributed by atoms with Crippen LogP contribution in [0.15, 0.2) is 30.9 Å². The van der Waals surface area contributed by atoms with Crippen molar-refractivity contribution in [3.63, 3.8) is 0 Å². The minimum atomic E-state index is -0.127. The van der Waals surface area contributed by atoms with Crippen molar-refractivity contribution in [2.24, 2.45) is 0 Å². The number of imidazole rings is 1. The fraction of sp³-hybridized carbons (Fsp3) is 0.444. The van der Waals surface area contributed by atoms with Gasteiger partial charge in [-0.05, 0) is 12.5 Å². The minimum Gasteiger partial charge on any atom is -0.347 e. The molecule has 1 aliphatic rings. The van der Waals surface area contributed by atoms with Crippen LogP contribution in [0.4, 0.5) is 0 Å². The number of amides is 1. The van der Waals surface area contributed by atoms with E-state index in [1.54, 1.807) is 29.2 Å². The summed E-state index contributed by atoms with van der Waals surface area (Å²) in [6, 6.07) is 1.87. The molecule has 25 heavy (non-hydrogen) atoms. The first-order chi connectivity index (χ1) is 11.9. The van der Waals surface area contributed by atoms with Gasteiger partial charge in [-0.15, -0.1) is 0 Å². The van der Waals surface area contributed by atoms with E-state index in [9.17, 15) is 4.79 Å².